The van der Waals surface area contributed by atoms with Gasteiger partial charge >= 0.3 is 6.18 Å². The minimum atomic E-state index is -4.44. The van der Waals surface area contributed by atoms with Gasteiger partial charge in [-0.25, -0.2) is 4.98 Å². The van der Waals surface area contributed by atoms with Gasteiger partial charge in [0.05, 0.1) is 12.1 Å². The van der Waals surface area contributed by atoms with Crippen LogP contribution < -0.4 is 11.1 Å². The summed E-state index contributed by atoms with van der Waals surface area (Å²) in [6.45, 7) is 0.683. The van der Waals surface area contributed by atoms with Crippen molar-refractivity contribution in [2.75, 3.05) is 11.9 Å². The van der Waals surface area contributed by atoms with Crippen LogP contribution in [0.4, 0.5) is 19.0 Å². The number of alkyl halides is 3. The smallest absolute Gasteiger partial charge is 0.376 e. The van der Waals surface area contributed by atoms with Gasteiger partial charge in [-0.3, -0.25) is 0 Å². The van der Waals surface area contributed by atoms with E-state index in [1.807, 2.05) is 0 Å². The monoisotopic (exact) mass is 287 g/mol. The number of aromatic nitrogens is 1. The molecule has 0 radical (unpaired) electrons. The number of ether oxygens (including phenoxy) is 1. The molecule has 1 aromatic heterocycles. The Morgan fingerprint density at radius 3 is 2.90 bits per heavy atom. The number of hydrogen-bond acceptors (Lipinski definition) is 4. The molecule has 3 N–H and O–H groups in total. The Bertz CT molecular complexity index is 494. The third kappa shape index (κ3) is 2.35. The van der Waals surface area contributed by atoms with E-state index >= 15 is 0 Å². The highest BCUT2D eigenvalue weighted by atomic mass is 19.4. The van der Waals surface area contributed by atoms with Gasteiger partial charge in [0.25, 0.3) is 0 Å². The molecule has 0 amide bonds. The quantitative estimate of drug-likeness (QED) is 0.873. The molecule has 0 aromatic carbocycles. The molecule has 1 saturated heterocycles. The molecular formula is C13H16F3N3O. The van der Waals surface area contributed by atoms with E-state index in [-0.39, 0.29) is 24.0 Å². The van der Waals surface area contributed by atoms with Crippen molar-refractivity contribution in [3.05, 3.63) is 23.9 Å². The molecule has 3 rings (SSSR count). The van der Waals surface area contributed by atoms with Crippen LogP contribution in [0.15, 0.2) is 18.2 Å². The molecule has 1 aliphatic heterocycles. The van der Waals surface area contributed by atoms with Crippen molar-refractivity contribution in [2.24, 2.45) is 11.7 Å². The Morgan fingerprint density at radius 2 is 2.15 bits per heavy atom. The molecule has 7 heteroatoms. The van der Waals surface area contributed by atoms with Gasteiger partial charge in [-0.2, -0.15) is 13.2 Å². The average Bonchev–Trinajstić information content (AvgIpc) is 2.44. The van der Waals surface area contributed by atoms with E-state index in [9.17, 15) is 13.2 Å². The highest BCUT2D eigenvalue weighted by molar-refractivity contribution is 5.39. The lowest BCUT2D eigenvalue weighted by Crippen LogP contribution is -2.69. The number of nitrogens with zero attached hydrogens (tertiary/aromatic N) is 1. The van der Waals surface area contributed by atoms with E-state index < -0.39 is 11.9 Å². The van der Waals surface area contributed by atoms with Gasteiger partial charge in [0.15, 0.2) is 0 Å². The molecule has 1 aliphatic carbocycles. The molecule has 4 unspecified atom stereocenters. The summed E-state index contributed by atoms with van der Waals surface area (Å²) in [5.41, 5.74) is 5.15. The number of fused-ring (bicyclic) bond motifs is 1. The minimum Gasteiger partial charge on any atom is -0.376 e. The Labute approximate surface area is 114 Å². The van der Waals surface area contributed by atoms with Crippen molar-refractivity contribution in [1.29, 1.82) is 0 Å². The Morgan fingerprint density at radius 1 is 1.35 bits per heavy atom. The fourth-order valence-corrected chi connectivity index (χ4v) is 2.97. The lowest BCUT2D eigenvalue weighted by molar-refractivity contribution is -0.141. The van der Waals surface area contributed by atoms with Crippen LogP contribution >= 0.6 is 0 Å². The van der Waals surface area contributed by atoms with Gasteiger partial charge in [-0.1, -0.05) is 6.07 Å². The second kappa shape index (κ2) is 4.89. The van der Waals surface area contributed by atoms with Crippen molar-refractivity contribution in [3.8, 4) is 0 Å². The van der Waals surface area contributed by atoms with Gasteiger partial charge in [0.1, 0.15) is 11.5 Å². The van der Waals surface area contributed by atoms with Gasteiger partial charge < -0.3 is 15.8 Å². The molecule has 4 atom stereocenters. The van der Waals surface area contributed by atoms with Crippen LogP contribution in [0.3, 0.4) is 0 Å². The molecule has 2 heterocycles. The summed E-state index contributed by atoms with van der Waals surface area (Å²) < 4.78 is 43.5. The highest BCUT2D eigenvalue weighted by Gasteiger charge is 2.50. The maximum absolute atomic E-state index is 12.6. The zero-order valence-electron chi connectivity index (χ0n) is 10.7. The lowest BCUT2D eigenvalue weighted by Gasteiger charge is -2.52. The van der Waals surface area contributed by atoms with Gasteiger partial charge in [0.2, 0.25) is 0 Å². The van der Waals surface area contributed by atoms with Crippen molar-refractivity contribution in [2.45, 2.75) is 37.2 Å². The zero-order valence-corrected chi connectivity index (χ0v) is 10.7. The minimum absolute atomic E-state index is 0.0184. The van der Waals surface area contributed by atoms with Gasteiger partial charge in [0, 0.05) is 18.6 Å². The first-order valence-corrected chi connectivity index (χ1v) is 6.65. The molecule has 2 aliphatic rings. The molecule has 4 nitrogen and oxygen atoms in total. The first kappa shape index (κ1) is 13.6. The van der Waals surface area contributed by atoms with Crippen LogP contribution in [0.2, 0.25) is 0 Å². The van der Waals surface area contributed by atoms with Crippen molar-refractivity contribution < 1.29 is 17.9 Å². The summed E-state index contributed by atoms with van der Waals surface area (Å²) >= 11 is 0. The molecule has 20 heavy (non-hydrogen) atoms. The van der Waals surface area contributed by atoms with Gasteiger partial charge in [-0.15, -0.1) is 0 Å². The van der Waals surface area contributed by atoms with Crippen LogP contribution in [-0.4, -0.2) is 29.8 Å². The standard InChI is InChI=1S/C13H16F3N3O/c14-13(15,16)8-4-1-5-9(18-8)19-11-10(17)7-3-2-6-20-12(7)11/h1,4-5,7,10-12H,2-3,6,17H2,(H,18,19). The maximum atomic E-state index is 12.6. The molecule has 110 valence electrons. The Kier molecular flexibility index (Phi) is 3.33. The molecule has 0 bridgehead atoms. The number of anilines is 1. The molecule has 0 spiro atoms. The maximum Gasteiger partial charge on any atom is 0.433 e. The summed E-state index contributed by atoms with van der Waals surface area (Å²) in [6.07, 6.45) is -2.46. The fourth-order valence-electron chi connectivity index (χ4n) is 2.97. The van der Waals surface area contributed by atoms with Gasteiger partial charge in [-0.05, 0) is 25.0 Å². The zero-order chi connectivity index (χ0) is 14.3. The van der Waals surface area contributed by atoms with E-state index in [0.717, 1.165) is 18.9 Å². The van der Waals surface area contributed by atoms with Crippen LogP contribution in [0.25, 0.3) is 0 Å². The highest BCUT2D eigenvalue weighted by Crippen LogP contribution is 2.38. The first-order chi connectivity index (χ1) is 9.47. The largest absolute Gasteiger partial charge is 0.433 e. The summed E-state index contributed by atoms with van der Waals surface area (Å²) in [6, 6.07) is 3.53. The van der Waals surface area contributed by atoms with Crippen molar-refractivity contribution >= 4 is 5.82 Å². The summed E-state index contributed by atoms with van der Waals surface area (Å²) in [5, 5.41) is 2.98. The third-order valence-electron chi connectivity index (χ3n) is 4.03. The van der Waals surface area contributed by atoms with E-state index in [1.54, 1.807) is 0 Å². The van der Waals surface area contributed by atoms with E-state index in [2.05, 4.69) is 10.3 Å². The van der Waals surface area contributed by atoms with Crippen molar-refractivity contribution in [1.82, 2.24) is 4.98 Å². The van der Waals surface area contributed by atoms with E-state index in [4.69, 9.17) is 10.5 Å². The first-order valence-electron chi connectivity index (χ1n) is 6.65. The normalized spacial score (nSPS) is 33.2. The second-order valence-corrected chi connectivity index (χ2v) is 5.29. The van der Waals surface area contributed by atoms with Crippen molar-refractivity contribution in [3.63, 3.8) is 0 Å². The van der Waals surface area contributed by atoms with Crippen LogP contribution in [0, 0.1) is 5.92 Å². The second-order valence-electron chi connectivity index (χ2n) is 5.29. The number of halogens is 3. The lowest BCUT2D eigenvalue weighted by atomic mass is 9.68. The summed E-state index contributed by atoms with van der Waals surface area (Å²) in [7, 11) is 0. The van der Waals surface area contributed by atoms with E-state index in [1.165, 1.54) is 12.1 Å². The molecule has 1 saturated carbocycles. The van der Waals surface area contributed by atoms with Crippen LogP contribution in [-0.2, 0) is 10.9 Å². The number of rotatable bonds is 2. The topological polar surface area (TPSA) is 60.2 Å². The Balaban J connectivity index is 1.72. The Hall–Kier alpha value is -1.34. The summed E-state index contributed by atoms with van der Waals surface area (Å²) in [4.78, 5) is 3.59. The number of nitrogens with one attached hydrogen (secondary N) is 1. The SMILES string of the molecule is NC1C2CCCOC2C1Nc1cccc(C(F)(F)F)n1. The fraction of sp³-hybridized carbons (Fsp3) is 0.615. The molecular weight excluding hydrogens is 271 g/mol. The number of nitrogens with two attached hydrogens (primary N) is 1. The molecule has 2 fully saturated rings. The predicted molar refractivity (Wildman–Crippen MR) is 67.1 cm³/mol. The average molecular weight is 287 g/mol. The predicted octanol–water partition coefficient (Wildman–Crippen LogP) is 2.02. The van der Waals surface area contributed by atoms with Crippen LogP contribution in [0.5, 0.6) is 0 Å². The van der Waals surface area contributed by atoms with E-state index in [0.29, 0.717) is 12.5 Å². The third-order valence-corrected chi connectivity index (χ3v) is 4.03. The molecule has 1 aromatic rings. The number of hydrogen-bond donors (Lipinski definition) is 2. The number of pyridine rings is 1. The van der Waals surface area contributed by atoms with Crippen LogP contribution in [0.1, 0.15) is 18.5 Å². The summed E-state index contributed by atoms with van der Waals surface area (Å²) in [5.74, 6) is 0.486.